The predicted molar refractivity (Wildman–Crippen MR) is 70.1 cm³/mol. The molecule has 2 rings (SSSR count). The van der Waals surface area contributed by atoms with Gasteiger partial charge in [0.05, 0.1) is 0 Å². The summed E-state index contributed by atoms with van der Waals surface area (Å²) in [5.41, 5.74) is 7.26. The van der Waals surface area contributed by atoms with Crippen molar-refractivity contribution in [3.05, 3.63) is 29.8 Å². The van der Waals surface area contributed by atoms with Gasteiger partial charge >= 0.3 is 6.09 Å². The summed E-state index contributed by atoms with van der Waals surface area (Å²) in [5, 5.41) is 0. The normalized spacial score (nSPS) is 16.6. The second kappa shape index (κ2) is 5.73. The molecule has 0 radical (unpaired) electrons. The fraction of sp³-hybridized carbons (Fsp3) is 0.462. The van der Waals surface area contributed by atoms with E-state index in [1.54, 1.807) is 4.90 Å². The van der Waals surface area contributed by atoms with Crippen molar-refractivity contribution in [3.8, 4) is 0 Å². The second-order valence-electron chi connectivity index (χ2n) is 4.59. The van der Waals surface area contributed by atoms with Gasteiger partial charge in [-0.15, -0.1) is 0 Å². The zero-order valence-electron chi connectivity index (χ0n) is 10.6. The maximum atomic E-state index is 11.8. The average molecular weight is 249 g/mol. The first-order chi connectivity index (χ1) is 8.65. The van der Waals surface area contributed by atoms with Crippen molar-refractivity contribution in [1.82, 2.24) is 9.80 Å². The average Bonchev–Trinajstić information content (AvgIpc) is 2.37. The molecular weight excluding hydrogens is 230 g/mol. The van der Waals surface area contributed by atoms with Gasteiger partial charge in [-0.05, 0) is 24.7 Å². The van der Waals surface area contributed by atoms with Crippen LogP contribution < -0.4 is 5.73 Å². The van der Waals surface area contributed by atoms with E-state index in [1.165, 1.54) is 0 Å². The number of benzene rings is 1. The summed E-state index contributed by atoms with van der Waals surface area (Å²) in [6.45, 7) is 3.52. The molecule has 1 aromatic rings. The topological polar surface area (TPSA) is 58.8 Å². The van der Waals surface area contributed by atoms with Crippen molar-refractivity contribution in [1.29, 1.82) is 0 Å². The maximum absolute atomic E-state index is 11.8. The van der Waals surface area contributed by atoms with Gasteiger partial charge in [-0.2, -0.15) is 0 Å². The highest BCUT2D eigenvalue weighted by Gasteiger charge is 2.19. The van der Waals surface area contributed by atoms with Crippen LogP contribution in [0.4, 0.5) is 10.5 Å². The third kappa shape index (κ3) is 3.37. The van der Waals surface area contributed by atoms with E-state index in [0.29, 0.717) is 5.69 Å². The quantitative estimate of drug-likeness (QED) is 0.799. The van der Waals surface area contributed by atoms with Crippen molar-refractivity contribution in [2.75, 3.05) is 39.0 Å². The van der Waals surface area contributed by atoms with Gasteiger partial charge in [0.1, 0.15) is 6.61 Å². The molecule has 1 aliphatic heterocycles. The summed E-state index contributed by atoms with van der Waals surface area (Å²) in [4.78, 5) is 15.8. The Morgan fingerprint density at radius 2 is 2.06 bits per heavy atom. The Morgan fingerprint density at radius 1 is 1.33 bits per heavy atom. The molecule has 0 aliphatic carbocycles. The lowest BCUT2D eigenvalue weighted by atomic mass is 10.2. The van der Waals surface area contributed by atoms with Gasteiger partial charge in [-0.25, -0.2) is 4.79 Å². The number of hydrogen-bond donors (Lipinski definition) is 1. The number of likely N-dealkylation sites (N-methyl/N-ethyl adjacent to an activating group) is 1. The van der Waals surface area contributed by atoms with E-state index in [1.807, 2.05) is 24.3 Å². The molecule has 0 unspecified atom stereocenters. The molecule has 5 nitrogen and oxygen atoms in total. The number of ether oxygens (including phenoxy) is 1. The summed E-state index contributed by atoms with van der Waals surface area (Å²) >= 11 is 0. The first-order valence-corrected chi connectivity index (χ1v) is 6.10. The zero-order chi connectivity index (χ0) is 13.0. The Hall–Kier alpha value is -1.75. The van der Waals surface area contributed by atoms with E-state index in [2.05, 4.69) is 11.9 Å². The van der Waals surface area contributed by atoms with Crippen LogP contribution in [-0.2, 0) is 11.3 Å². The van der Waals surface area contributed by atoms with Crippen molar-refractivity contribution >= 4 is 11.8 Å². The molecule has 1 heterocycles. The summed E-state index contributed by atoms with van der Waals surface area (Å²) in [6.07, 6.45) is -0.245. The van der Waals surface area contributed by atoms with Gasteiger partial charge < -0.3 is 20.3 Å². The molecule has 1 aliphatic rings. The smallest absolute Gasteiger partial charge is 0.410 e. The molecular formula is C13H19N3O2. The lowest BCUT2D eigenvalue weighted by Gasteiger charge is -2.31. The van der Waals surface area contributed by atoms with Crippen LogP contribution in [-0.4, -0.2) is 49.1 Å². The predicted octanol–water partition coefficient (Wildman–Crippen LogP) is 1.15. The van der Waals surface area contributed by atoms with Crippen LogP contribution in [0.2, 0.25) is 0 Å². The molecule has 1 amide bonds. The summed E-state index contributed by atoms with van der Waals surface area (Å²) in [7, 11) is 2.05. The molecule has 18 heavy (non-hydrogen) atoms. The van der Waals surface area contributed by atoms with E-state index in [4.69, 9.17) is 10.5 Å². The Morgan fingerprint density at radius 3 is 2.72 bits per heavy atom. The highest BCUT2D eigenvalue weighted by Crippen LogP contribution is 2.09. The minimum absolute atomic E-state index is 0.245. The molecule has 0 saturated carbocycles. The lowest BCUT2D eigenvalue weighted by Crippen LogP contribution is -2.47. The third-order valence-corrected chi connectivity index (χ3v) is 3.07. The fourth-order valence-electron chi connectivity index (χ4n) is 1.91. The molecule has 1 fully saturated rings. The number of piperazine rings is 1. The SMILES string of the molecule is CN1CCN(C(=O)OCc2cccc(N)c2)CC1. The Bertz CT molecular complexity index is 414. The van der Waals surface area contributed by atoms with Crippen LogP contribution in [0.25, 0.3) is 0 Å². The van der Waals surface area contributed by atoms with Crippen LogP contribution in [0.5, 0.6) is 0 Å². The minimum atomic E-state index is -0.245. The molecule has 2 N–H and O–H groups in total. The van der Waals surface area contributed by atoms with E-state index in [9.17, 15) is 4.79 Å². The Labute approximate surface area is 107 Å². The number of rotatable bonds is 2. The summed E-state index contributed by atoms with van der Waals surface area (Å²) < 4.78 is 5.27. The van der Waals surface area contributed by atoms with Crippen molar-refractivity contribution in [2.45, 2.75) is 6.61 Å². The molecule has 0 spiro atoms. The number of carbonyl (C=O) groups is 1. The summed E-state index contributed by atoms with van der Waals surface area (Å²) in [5.74, 6) is 0. The number of nitrogens with zero attached hydrogens (tertiary/aromatic N) is 2. The van der Waals surface area contributed by atoms with Crippen LogP contribution in [0, 0.1) is 0 Å². The van der Waals surface area contributed by atoms with Crippen LogP contribution in [0.3, 0.4) is 0 Å². The van der Waals surface area contributed by atoms with Crippen molar-refractivity contribution in [2.24, 2.45) is 0 Å². The number of carbonyl (C=O) groups excluding carboxylic acids is 1. The highest BCUT2D eigenvalue weighted by atomic mass is 16.6. The van der Waals surface area contributed by atoms with Gasteiger partial charge in [0, 0.05) is 31.9 Å². The summed E-state index contributed by atoms with van der Waals surface area (Å²) in [6, 6.07) is 7.38. The van der Waals surface area contributed by atoms with Gasteiger partial charge in [0.2, 0.25) is 0 Å². The second-order valence-corrected chi connectivity index (χ2v) is 4.59. The molecule has 98 valence electrons. The number of amides is 1. The van der Waals surface area contributed by atoms with Gasteiger partial charge in [0.25, 0.3) is 0 Å². The fourth-order valence-corrected chi connectivity index (χ4v) is 1.91. The minimum Gasteiger partial charge on any atom is -0.445 e. The molecule has 5 heteroatoms. The lowest BCUT2D eigenvalue weighted by molar-refractivity contribution is 0.0769. The van der Waals surface area contributed by atoms with Crippen LogP contribution in [0.15, 0.2) is 24.3 Å². The van der Waals surface area contributed by atoms with Gasteiger partial charge in [-0.3, -0.25) is 0 Å². The molecule has 0 atom stereocenters. The van der Waals surface area contributed by atoms with Crippen molar-refractivity contribution < 1.29 is 9.53 Å². The zero-order valence-corrected chi connectivity index (χ0v) is 10.6. The molecule has 0 aromatic heterocycles. The molecule has 1 saturated heterocycles. The highest BCUT2D eigenvalue weighted by molar-refractivity contribution is 5.67. The third-order valence-electron chi connectivity index (χ3n) is 3.07. The molecule has 1 aromatic carbocycles. The number of nitrogen functional groups attached to an aromatic ring is 1. The van der Waals surface area contributed by atoms with Gasteiger partial charge in [0.15, 0.2) is 0 Å². The van der Waals surface area contributed by atoms with Gasteiger partial charge in [-0.1, -0.05) is 12.1 Å². The molecule has 0 bridgehead atoms. The Balaban J connectivity index is 1.81. The standard InChI is InChI=1S/C13H19N3O2/c1-15-5-7-16(8-6-15)13(17)18-10-11-3-2-4-12(14)9-11/h2-4,9H,5-8,10,14H2,1H3. The Kier molecular flexibility index (Phi) is 4.04. The number of hydrogen-bond acceptors (Lipinski definition) is 4. The first kappa shape index (κ1) is 12.7. The van der Waals surface area contributed by atoms with Crippen molar-refractivity contribution in [3.63, 3.8) is 0 Å². The first-order valence-electron chi connectivity index (χ1n) is 6.10. The van der Waals surface area contributed by atoms with E-state index in [-0.39, 0.29) is 12.7 Å². The van der Waals surface area contributed by atoms with Crippen LogP contribution >= 0.6 is 0 Å². The maximum Gasteiger partial charge on any atom is 0.410 e. The number of nitrogens with two attached hydrogens (primary N) is 1. The van der Waals surface area contributed by atoms with Crippen LogP contribution in [0.1, 0.15) is 5.56 Å². The van der Waals surface area contributed by atoms with E-state index < -0.39 is 0 Å². The monoisotopic (exact) mass is 249 g/mol. The van der Waals surface area contributed by atoms with E-state index >= 15 is 0 Å². The van der Waals surface area contributed by atoms with E-state index in [0.717, 1.165) is 31.7 Å². The largest absolute Gasteiger partial charge is 0.445 e. The number of anilines is 1.